The zero-order chi connectivity index (χ0) is 11.8. The van der Waals surface area contributed by atoms with Gasteiger partial charge in [-0.15, -0.1) is 0 Å². The summed E-state index contributed by atoms with van der Waals surface area (Å²) in [6.07, 6.45) is 0. The fraction of sp³-hybridized carbons (Fsp3) is 0.571. The first-order valence-corrected chi connectivity index (χ1v) is 8.87. The van der Waals surface area contributed by atoms with Gasteiger partial charge in [-0.2, -0.15) is 0 Å². The molecule has 1 aromatic rings. The van der Waals surface area contributed by atoms with Gasteiger partial charge in [-0.3, -0.25) is 0 Å². The second-order valence-electron chi connectivity index (χ2n) is 5.01. The first kappa shape index (κ1) is 11.9. The topological polar surface area (TPSA) is 9.23 Å². The van der Waals surface area contributed by atoms with Gasteiger partial charge in [-0.1, -0.05) is 26.0 Å². The Morgan fingerprint density at radius 3 is 2.19 bits per heavy atom. The molecule has 2 rings (SSSR count). The standard InChI is InChI=1S/C14H22OSi/c1-5-16(6-2)10-14-12(4)8-7-11(3)13(14)9-15-16/h7-8H,5-6,9-10H2,1-4H3. The molecule has 0 amide bonds. The van der Waals surface area contributed by atoms with Crippen LogP contribution in [0.1, 0.15) is 36.1 Å². The van der Waals surface area contributed by atoms with E-state index >= 15 is 0 Å². The van der Waals surface area contributed by atoms with Crippen molar-refractivity contribution in [2.45, 2.75) is 52.4 Å². The van der Waals surface area contributed by atoms with Crippen molar-refractivity contribution in [1.29, 1.82) is 0 Å². The van der Waals surface area contributed by atoms with Gasteiger partial charge in [0.2, 0.25) is 0 Å². The molecule has 2 heteroatoms. The zero-order valence-electron chi connectivity index (χ0n) is 10.9. The van der Waals surface area contributed by atoms with Gasteiger partial charge in [0.25, 0.3) is 0 Å². The van der Waals surface area contributed by atoms with Crippen LogP contribution in [0.3, 0.4) is 0 Å². The van der Waals surface area contributed by atoms with Crippen LogP contribution in [0, 0.1) is 13.8 Å². The minimum Gasteiger partial charge on any atom is -0.412 e. The van der Waals surface area contributed by atoms with E-state index < -0.39 is 8.32 Å². The lowest BCUT2D eigenvalue weighted by atomic mass is 9.99. The van der Waals surface area contributed by atoms with Gasteiger partial charge < -0.3 is 4.43 Å². The van der Waals surface area contributed by atoms with Crippen LogP contribution in [0.2, 0.25) is 12.1 Å². The molecule has 0 unspecified atom stereocenters. The van der Waals surface area contributed by atoms with Crippen molar-refractivity contribution in [2.24, 2.45) is 0 Å². The smallest absolute Gasteiger partial charge is 0.197 e. The zero-order valence-corrected chi connectivity index (χ0v) is 11.9. The van der Waals surface area contributed by atoms with Gasteiger partial charge in [0, 0.05) is 0 Å². The molecule has 0 saturated carbocycles. The molecule has 0 aromatic heterocycles. The van der Waals surface area contributed by atoms with Gasteiger partial charge in [-0.05, 0) is 54.2 Å². The Kier molecular flexibility index (Phi) is 3.22. The Balaban J connectivity index is 2.43. The number of rotatable bonds is 2. The summed E-state index contributed by atoms with van der Waals surface area (Å²) in [5.41, 5.74) is 5.92. The van der Waals surface area contributed by atoms with Crippen LogP contribution in [-0.4, -0.2) is 8.32 Å². The monoisotopic (exact) mass is 234 g/mol. The van der Waals surface area contributed by atoms with E-state index in [-0.39, 0.29) is 0 Å². The van der Waals surface area contributed by atoms with Gasteiger partial charge in [0.05, 0.1) is 6.61 Å². The van der Waals surface area contributed by atoms with E-state index in [1.807, 2.05) is 0 Å². The quantitative estimate of drug-likeness (QED) is 0.705. The van der Waals surface area contributed by atoms with Gasteiger partial charge >= 0.3 is 0 Å². The van der Waals surface area contributed by atoms with E-state index in [0.29, 0.717) is 0 Å². The molecule has 1 aliphatic heterocycles. The highest BCUT2D eigenvalue weighted by molar-refractivity contribution is 6.73. The minimum atomic E-state index is -1.44. The molecule has 1 aromatic carbocycles. The van der Waals surface area contributed by atoms with E-state index in [4.69, 9.17) is 4.43 Å². The summed E-state index contributed by atoms with van der Waals surface area (Å²) in [6.45, 7) is 9.90. The van der Waals surface area contributed by atoms with Gasteiger partial charge in [0.15, 0.2) is 8.32 Å². The van der Waals surface area contributed by atoms with E-state index in [9.17, 15) is 0 Å². The maximum absolute atomic E-state index is 6.27. The lowest BCUT2D eigenvalue weighted by molar-refractivity contribution is 0.274. The lowest BCUT2D eigenvalue weighted by Gasteiger charge is -2.36. The van der Waals surface area contributed by atoms with Crippen molar-refractivity contribution in [2.75, 3.05) is 0 Å². The first-order chi connectivity index (χ1) is 7.62. The lowest BCUT2D eigenvalue weighted by Crippen LogP contribution is -2.43. The first-order valence-electron chi connectivity index (χ1n) is 6.34. The molecule has 0 saturated heterocycles. The third kappa shape index (κ3) is 1.85. The molecular formula is C14H22OSi. The summed E-state index contributed by atoms with van der Waals surface area (Å²) >= 11 is 0. The predicted molar refractivity (Wildman–Crippen MR) is 71.1 cm³/mol. The van der Waals surface area contributed by atoms with E-state index in [1.54, 1.807) is 5.56 Å². The second-order valence-corrected chi connectivity index (χ2v) is 9.43. The van der Waals surface area contributed by atoms with Crippen molar-refractivity contribution < 1.29 is 4.43 Å². The summed E-state index contributed by atoms with van der Waals surface area (Å²) < 4.78 is 6.27. The molecule has 0 N–H and O–H groups in total. The molecule has 1 nitrogen and oxygen atoms in total. The molecule has 0 aliphatic carbocycles. The maximum atomic E-state index is 6.27. The summed E-state index contributed by atoms with van der Waals surface area (Å²) in [6, 6.07) is 8.21. The van der Waals surface area contributed by atoms with Crippen molar-refractivity contribution in [3.05, 3.63) is 34.4 Å². The van der Waals surface area contributed by atoms with Crippen LogP contribution in [0.4, 0.5) is 0 Å². The van der Waals surface area contributed by atoms with E-state index in [1.165, 1.54) is 34.8 Å². The Labute approximate surface area is 100.0 Å². The molecule has 1 aliphatic rings. The third-order valence-corrected chi connectivity index (χ3v) is 8.54. The molecule has 0 radical (unpaired) electrons. The highest BCUT2D eigenvalue weighted by Gasteiger charge is 2.36. The van der Waals surface area contributed by atoms with Crippen LogP contribution >= 0.6 is 0 Å². The van der Waals surface area contributed by atoms with Crippen LogP contribution in [0.15, 0.2) is 12.1 Å². The fourth-order valence-corrected chi connectivity index (χ4v) is 5.77. The molecule has 0 spiro atoms. The number of hydrogen-bond acceptors (Lipinski definition) is 1. The summed E-state index contributed by atoms with van der Waals surface area (Å²) in [5.74, 6) is 0. The maximum Gasteiger partial charge on any atom is 0.197 e. The summed E-state index contributed by atoms with van der Waals surface area (Å²) in [4.78, 5) is 0. The van der Waals surface area contributed by atoms with E-state index in [0.717, 1.165) is 6.61 Å². The molecule has 0 fully saturated rings. The number of fused-ring (bicyclic) bond motifs is 1. The highest BCUT2D eigenvalue weighted by atomic mass is 28.4. The summed E-state index contributed by atoms with van der Waals surface area (Å²) in [5, 5.41) is 0. The normalized spacial score (nSPS) is 18.2. The Bertz CT molecular complexity index is 394. The number of benzene rings is 1. The molecule has 88 valence electrons. The van der Waals surface area contributed by atoms with Crippen LogP contribution in [-0.2, 0) is 17.1 Å². The molecule has 16 heavy (non-hydrogen) atoms. The Morgan fingerprint density at radius 2 is 1.62 bits per heavy atom. The Hall–Kier alpha value is -0.603. The number of aryl methyl sites for hydroxylation is 2. The molecular weight excluding hydrogens is 212 g/mol. The average molecular weight is 234 g/mol. The molecule has 1 heterocycles. The van der Waals surface area contributed by atoms with E-state index in [2.05, 4.69) is 39.8 Å². The van der Waals surface area contributed by atoms with Crippen molar-refractivity contribution in [3.8, 4) is 0 Å². The highest BCUT2D eigenvalue weighted by Crippen LogP contribution is 2.33. The van der Waals surface area contributed by atoms with Gasteiger partial charge in [0.1, 0.15) is 0 Å². The van der Waals surface area contributed by atoms with Crippen LogP contribution < -0.4 is 0 Å². The third-order valence-electron chi connectivity index (χ3n) is 4.21. The fourth-order valence-electron chi connectivity index (χ4n) is 2.68. The van der Waals surface area contributed by atoms with Gasteiger partial charge in [-0.25, -0.2) is 0 Å². The largest absolute Gasteiger partial charge is 0.412 e. The average Bonchev–Trinajstić information content (AvgIpc) is 2.33. The SMILES string of the molecule is CC[Si]1(CC)Cc2c(C)ccc(C)c2CO1. The van der Waals surface area contributed by atoms with Crippen molar-refractivity contribution >= 4 is 8.32 Å². The number of hydrogen-bond donors (Lipinski definition) is 0. The minimum absolute atomic E-state index is 0.858. The second kappa shape index (κ2) is 4.34. The molecule has 0 bridgehead atoms. The Morgan fingerprint density at radius 1 is 1.06 bits per heavy atom. The van der Waals surface area contributed by atoms with Crippen LogP contribution in [0.5, 0.6) is 0 Å². The van der Waals surface area contributed by atoms with Crippen molar-refractivity contribution in [3.63, 3.8) is 0 Å². The van der Waals surface area contributed by atoms with Crippen LogP contribution in [0.25, 0.3) is 0 Å². The van der Waals surface area contributed by atoms with Crippen molar-refractivity contribution in [1.82, 2.24) is 0 Å². The molecule has 0 atom stereocenters. The summed E-state index contributed by atoms with van der Waals surface area (Å²) in [7, 11) is -1.44. The predicted octanol–water partition coefficient (Wildman–Crippen LogP) is 3.90.